The zero-order chi connectivity index (χ0) is 15.2. The van der Waals surface area contributed by atoms with Crippen LogP contribution >= 0.6 is 0 Å². The fraction of sp³-hybridized carbons (Fsp3) is 0.444. The third kappa shape index (κ3) is 2.31. The Kier molecular flexibility index (Phi) is 3.23. The van der Waals surface area contributed by atoms with Gasteiger partial charge in [0, 0.05) is 16.7 Å². The number of aliphatic hydroxyl groups is 1. The second kappa shape index (κ2) is 4.83. The van der Waals surface area contributed by atoms with E-state index >= 15 is 0 Å². The van der Waals surface area contributed by atoms with Gasteiger partial charge in [-0.25, -0.2) is 0 Å². The molecule has 3 rings (SSSR count). The van der Waals surface area contributed by atoms with Crippen molar-refractivity contribution in [2.75, 3.05) is 0 Å². The van der Waals surface area contributed by atoms with Gasteiger partial charge >= 0.3 is 0 Å². The third-order valence-corrected chi connectivity index (χ3v) is 4.88. The van der Waals surface area contributed by atoms with E-state index in [1.807, 2.05) is 0 Å². The van der Waals surface area contributed by atoms with Crippen LogP contribution in [-0.4, -0.2) is 16.7 Å². The zero-order valence-corrected chi connectivity index (χ0v) is 12.5. The van der Waals surface area contributed by atoms with Crippen LogP contribution in [0.15, 0.2) is 29.8 Å². The van der Waals surface area contributed by atoms with Gasteiger partial charge in [-0.05, 0) is 37.0 Å². The summed E-state index contributed by atoms with van der Waals surface area (Å²) in [6.07, 6.45) is 3.73. The molecule has 1 aromatic carbocycles. The van der Waals surface area contributed by atoms with Crippen molar-refractivity contribution >= 4 is 17.3 Å². The van der Waals surface area contributed by atoms with Crippen LogP contribution in [0.3, 0.4) is 0 Å². The van der Waals surface area contributed by atoms with Crippen molar-refractivity contribution in [2.45, 2.75) is 39.5 Å². The summed E-state index contributed by atoms with van der Waals surface area (Å²) in [5.41, 5.74) is 1.45. The quantitative estimate of drug-likeness (QED) is 0.795. The van der Waals surface area contributed by atoms with Crippen molar-refractivity contribution in [1.29, 1.82) is 0 Å². The Morgan fingerprint density at radius 1 is 1.00 bits per heavy atom. The van der Waals surface area contributed by atoms with Crippen molar-refractivity contribution in [3.8, 4) is 0 Å². The molecule has 0 heterocycles. The van der Waals surface area contributed by atoms with Crippen LogP contribution in [0.1, 0.15) is 55.5 Å². The summed E-state index contributed by atoms with van der Waals surface area (Å²) in [5.74, 6) is -0.984. The number of aliphatic hydroxyl groups excluding tert-OH is 1. The largest absolute Gasteiger partial charge is 0.507 e. The van der Waals surface area contributed by atoms with Crippen molar-refractivity contribution < 1.29 is 14.7 Å². The van der Waals surface area contributed by atoms with Crippen LogP contribution in [0.2, 0.25) is 0 Å². The van der Waals surface area contributed by atoms with E-state index in [1.54, 1.807) is 24.3 Å². The SMILES string of the molecule is CC1(C)CCC(C2=C(O)c3ccccc3C(=O)C2=O)CC1. The van der Waals surface area contributed by atoms with Gasteiger partial charge in [-0.3, -0.25) is 9.59 Å². The molecule has 0 atom stereocenters. The number of hydrogen-bond donors (Lipinski definition) is 1. The Balaban J connectivity index is 2.02. The maximum Gasteiger partial charge on any atom is 0.234 e. The monoisotopic (exact) mass is 284 g/mol. The minimum Gasteiger partial charge on any atom is -0.507 e. The molecule has 0 aromatic heterocycles. The maximum atomic E-state index is 12.4. The number of allylic oxidation sites excluding steroid dienone is 1. The number of Topliss-reactive ketones (excluding diaryl/α,β-unsaturated/α-hetero) is 2. The molecular weight excluding hydrogens is 264 g/mol. The molecule has 0 amide bonds. The highest BCUT2D eigenvalue weighted by Crippen LogP contribution is 2.43. The van der Waals surface area contributed by atoms with Crippen molar-refractivity contribution in [2.24, 2.45) is 11.3 Å². The predicted octanol–water partition coefficient (Wildman–Crippen LogP) is 3.94. The normalized spacial score (nSPS) is 22.4. The highest BCUT2D eigenvalue weighted by Gasteiger charge is 2.39. The molecule has 0 saturated heterocycles. The van der Waals surface area contributed by atoms with Crippen LogP contribution in [-0.2, 0) is 4.79 Å². The van der Waals surface area contributed by atoms with Gasteiger partial charge < -0.3 is 5.11 Å². The average molecular weight is 284 g/mol. The number of ketones is 2. The molecule has 1 N–H and O–H groups in total. The second-order valence-corrected chi connectivity index (χ2v) is 6.90. The summed E-state index contributed by atoms with van der Waals surface area (Å²) >= 11 is 0. The van der Waals surface area contributed by atoms with E-state index in [0.717, 1.165) is 25.7 Å². The number of fused-ring (bicyclic) bond motifs is 1. The lowest BCUT2D eigenvalue weighted by Gasteiger charge is -2.35. The van der Waals surface area contributed by atoms with Crippen LogP contribution in [0.4, 0.5) is 0 Å². The van der Waals surface area contributed by atoms with Crippen molar-refractivity contribution in [3.63, 3.8) is 0 Å². The number of carbonyl (C=O) groups is 2. The van der Waals surface area contributed by atoms with E-state index in [4.69, 9.17) is 0 Å². The Bertz CT molecular complexity index is 642. The van der Waals surface area contributed by atoms with Crippen LogP contribution in [0, 0.1) is 11.3 Å². The van der Waals surface area contributed by atoms with E-state index in [0.29, 0.717) is 16.7 Å². The first kappa shape index (κ1) is 14.1. The highest BCUT2D eigenvalue weighted by molar-refractivity contribution is 6.52. The Labute approximate surface area is 124 Å². The zero-order valence-electron chi connectivity index (χ0n) is 12.5. The third-order valence-electron chi connectivity index (χ3n) is 4.88. The molecule has 0 unspecified atom stereocenters. The van der Waals surface area contributed by atoms with Crippen molar-refractivity contribution in [1.82, 2.24) is 0 Å². The van der Waals surface area contributed by atoms with E-state index < -0.39 is 11.6 Å². The lowest BCUT2D eigenvalue weighted by atomic mass is 9.69. The lowest BCUT2D eigenvalue weighted by molar-refractivity contribution is -0.112. The average Bonchev–Trinajstić information content (AvgIpc) is 2.47. The molecule has 21 heavy (non-hydrogen) atoms. The smallest absolute Gasteiger partial charge is 0.234 e. The molecule has 0 aliphatic heterocycles. The minimum atomic E-state index is -0.518. The molecule has 3 nitrogen and oxygen atoms in total. The van der Waals surface area contributed by atoms with Gasteiger partial charge in [0.15, 0.2) is 0 Å². The van der Waals surface area contributed by atoms with Gasteiger partial charge in [-0.2, -0.15) is 0 Å². The second-order valence-electron chi connectivity index (χ2n) is 6.90. The molecule has 3 heteroatoms. The van der Waals surface area contributed by atoms with E-state index in [1.165, 1.54) is 0 Å². The molecule has 110 valence electrons. The fourth-order valence-electron chi connectivity index (χ4n) is 3.45. The predicted molar refractivity (Wildman–Crippen MR) is 81.1 cm³/mol. The molecule has 0 radical (unpaired) electrons. The van der Waals surface area contributed by atoms with Gasteiger partial charge in [0.25, 0.3) is 0 Å². The summed E-state index contributed by atoms with van der Waals surface area (Å²) in [6, 6.07) is 6.81. The van der Waals surface area contributed by atoms with Gasteiger partial charge in [-0.15, -0.1) is 0 Å². The van der Waals surface area contributed by atoms with Crippen molar-refractivity contribution in [3.05, 3.63) is 41.0 Å². The summed E-state index contributed by atoms with van der Waals surface area (Å²) < 4.78 is 0. The van der Waals surface area contributed by atoms with Gasteiger partial charge in [0.2, 0.25) is 11.6 Å². The van der Waals surface area contributed by atoms with E-state index in [-0.39, 0.29) is 17.1 Å². The minimum absolute atomic E-state index is 0.00262. The standard InChI is InChI=1S/C18H20O3/c1-18(2)9-7-11(8-10-18)14-15(19)12-5-3-4-6-13(12)16(20)17(14)21/h3-6,11,19H,7-10H2,1-2H3. The molecule has 2 aliphatic rings. The highest BCUT2D eigenvalue weighted by atomic mass is 16.3. The first-order chi connectivity index (χ1) is 9.91. The summed E-state index contributed by atoms with van der Waals surface area (Å²) in [5, 5.41) is 10.5. The summed E-state index contributed by atoms with van der Waals surface area (Å²) in [6.45, 7) is 4.45. The number of carbonyl (C=O) groups excluding carboxylic acids is 2. The van der Waals surface area contributed by atoms with Gasteiger partial charge in [0.05, 0.1) is 0 Å². The molecule has 2 aliphatic carbocycles. The molecule has 0 spiro atoms. The number of hydrogen-bond acceptors (Lipinski definition) is 3. The van der Waals surface area contributed by atoms with Crippen LogP contribution < -0.4 is 0 Å². The summed E-state index contributed by atoms with van der Waals surface area (Å²) in [7, 11) is 0. The fourth-order valence-corrected chi connectivity index (χ4v) is 3.45. The van der Waals surface area contributed by atoms with Crippen LogP contribution in [0.25, 0.3) is 5.76 Å². The number of benzene rings is 1. The molecular formula is C18H20O3. The van der Waals surface area contributed by atoms with Gasteiger partial charge in [0.1, 0.15) is 5.76 Å². The molecule has 1 aromatic rings. The Hall–Kier alpha value is -1.90. The van der Waals surface area contributed by atoms with Crippen LogP contribution in [0.5, 0.6) is 0 Å². The summed E-state index contributed by atoms with van der Waals surface area (Å²) in [4.78, 5) is 24.6. The Morgan fingerprint density at radius 2 is 1.57 bits per heavy atom. The molecule has 0 bridgehead atoms. The lowest BCUT2D eigenvalue weighted by Crippen LogP contribution is -2.31. The van der Waals surface area contributed by atoms with E-state index in [2.05, 4.69) is 13.8 Å². The first-order valence-corrected chi connectivity index (χ1v) is 7.52. The maximum absolute atomic E-state index is 12.4. The molecule has 1 fully saturated rings. The van der Waals surface area contributed by atoms with Gasteiger partial charge in [-0.1, -0.05) is 38.1 Å². The Morgan fingerprint density at radius 3 is 2.19 bits per heavy atom. The van der Waals surface area contributed by atoms with E-state index in [9.17, 15) is 14.7 Å². The topological polar surface area (TPSA) is 54.4 Å². The number of rotatable bonds is 1. The first-order valence-electron chi connectivity index (χ1n) is 7.52. The molecule has 1 saturated carbocycles.